The minimum Gasteiger partial charge on any atom is -0.507 e. The number of ketones is 1. The summed E-state index contributed by atoms with van der Waals surface area (Å²) in [4.78, 5) is 31.9. The zero-order valence-corrected chi connectivity index (χ0v) is 18.6. The summed E-state index contributed by atoms with van der Waals surface area (Å²) in [6, 6.07) is 12.9. The van der Waals surface area contributed by atoms with Crippen LogP contribution in [0.4, 0.5) is 5.69 Å². The summed E-state index contributed by atoms with van der Waals surface area (Å²) in [7, 11) is 1.50. The van der Waals surface area contributed by atoms with Gasteiger partial charge in [0.2, 0.25) is 0 Å². The third-order valence-corrected chi connectivity index (χ3v) is 5.64. The number of hydrogen-bond acceptors (Lipinski definition) is 5. The van der Waals surface area contributed by atoms with Gasteiger partial charge in [-0.15, -0.1) is 0 Å². The number of Topliss-reactive ketones (excluding diaryl/α,β-unsaturated/α-hetero) is 1. The fourth-order valence-electron chi connectivity index (χ4n) is 4.12. The van der Waals surface area contributed by atoms with E-state index in [2.05, 4.69) is 4.98 Å². The first kappa shape index (κ1) is 21.6. The molecule has 1 saturated heterocycles. The average Bonchev–Trinajstić information content (AvgIpc) is 3.04. The molecule has 1 atom stereocenters. The number of anilines is 1. The third kappa shape index (κ3) is 3.63. The van der Waals surface area contributed by atoms with Crippen molar-refractivity contribution in [2.75, 3.05) is 12.0 Å². The van der Waals surface area contributed by atoms with Gasteiger partial charge < -0.3 is 9.84 Å². The van der Waals surface area contributed by atoms with Gasteiger partial charge in [-0.2, -0.15) is 0 Å². The van der Waals surface area contributed by atoms with Gasteiger partial charge in [0.15, 0.2) is 0 Å². The van der Waals surface area contributed by atoms with Crippen molar-refractivity contribution in [1.82, 2.24) is 4.98 Å². The molecule has 0 bridgehead atoms. The van der Waals surface area contributed by atoms with E-state index in [4.69, 9.17) is 16.3 Å². The second-order valence-corrected chi connectivity index (χ2v) is 8.03. The summed E-state index contributed by atoms with van der Waals surface area (Å²) < 4.78 is 5.51. The number of aromatic nitrogens is 1. The molecule has 0 radical (unpaired) electrons. The molecule has 1 N–H and O–H groups in total. The van der Waals surface area contributed by atoms with Crippen LogP contribution in [0.2, 0.25) is 5.02 Å². The fourth-order valence-corrected chi connectivity index (χ4v) is 4.31. The second kappa shape index (κ2) is 8.48. The van der Waals surface area contributed by atoms with Gasteiger partial charge in [0.1, 0.15) is 11.5 Å². The molecule has 1 aromatic heterocycles. The Bertz CT molecular complexity index is 1250. The number of carbonyl (C=O) groups excluding carboxylic acids is 2. The monoisotopic (exact) mass is 448 g/mol. The van der Waals surface area contributed by atoms with Crippen molar-refractivity contribution in [2.24, 2.45) is 0 Å². The minimum absolute atomic E-state index is 0.0359. The number of aliphatic hydroxyl groups is 1. The van der Waals surface area contributed by atoms with Crippen molar-refractivity contribution in [2.45, 2.75) is 19.9 Å². The molecule has 2 aromatic carbocycles. The van der Waals surface area contributed by atoms with E-state index in [1.165, 1.54) is 12.0 Å². The number of halogens is 1. The van der Waals surface area contributed by atoms with Crippen LogP contribution < -0.4 is 9.64 Å². The van der Waals surface area contributed by atoms with Crippen molar-refractivity contribution in [1.29, 1.82) is 0 Å². The molecule has 2 heterocycles. The second-order valence-electron chi connectivity index (χ2n) is 7.60. The number of benzene rings is 2. The largest absolute Gasteiger partial charge is 0.507 e. The molecule has 1 unspecified atom stereocenters. The molecule has 1 aliphatic heterocycles. The Labute approximate surface area is 190 Å². The third-order valence-electron chi connectivity index (χ3n) is 5.41. The molecule has 3 aromatic rings. The molecule has 7 heteroatoms. The van der Waals surface area contributed by atoms with Gasteiger partial charge in [-0.25, -0.2) is 0 Å². The van der Waals surface area contributed by atoms with Gasteiger partial charge in [0.25, 0.3) is 11.7 Å². The maximum Gasteiger partial charge on any atom is 0.300 e. The highest BCUT2D eigenvalue weighted by Crippen LogP contribution is 2.44. The fraction of sp³-hybridized carbons (Fsp3) is 0.160. The van der Waals surface area contributed by atoms with E-state index in [-0.39, 0.29) is 11.3 Å². The average molecular weight is 449 g/mol. The van der Waals surface area contributed by atoms with E-state index in [0.717, 1.165) is 11.1 Å². The highest BCUT2D eigenvalue weighted by atomic mass is 35.5. The highest BCUT2D eigenvalue weighted by Gasteiger charge is 2.47. The number of hydrogen-bond donors (Lipinski definition) is 1. The van der Waals surface area contributed by atoms with E-state index in [1.54, 1.807) is 54.9 Å². The molecule has 0 saturated carbocycles. The molecular weight excluding hydrogens is 428 g/mol. The smallest absolute Gasteiger partial charge is 0.300 e. The maximum atomic E-state index is 13.2. The zero-order valence-electron chi connectivity index (χ0n) is 17.8. The molecule has 162 valence electrons. The first-order valence-electron chi connectivity index (χ1n) is 9.95. The lowest BCUT2D eigenvalue weighted by molar-refractivity contribution is -0.132. The van der Waals surface area contributed by atoms with Crippen molar-refractivity contribution >= 4 is 34.7 Å². The number of carbonyl (C=O) groups is 2. The van der Waals surface area contributed by atoms with Crippen LogP contribution in [0, 0.1) is 13.8 Å². The Hall–Kier alpha value is -3.64. The van der Waals surface area contributed by atoms with Crippen molar-refractivity contribution in [3.63, 3.8) is 0 Å². The first-order chi connectivity index (χ1) is 15.3. The Morgan fingerprint density at radius 1 is 1.12 bits per heavy atom. The van der Waals surface area contributed by atoms with Crippen molar-refractivity contribution < 1.29 is 19.4 Å². The molecule has 32 heavy (non-hydrogen) atoms. The zero-order chi connectivity index (χ0) is 23.0. The normalized spacial score (nSPS) is 17.6. The van der Waals surface area contributed by atoms with Gasteiger partial charge in [0, 0.05) is 23.1 Å². The van der Waals surface area contributed by atoms with Gasteiger partial charge in [-0.05, 0) is 60.9 Å². The number of nitrogens with zero attached hydrogens (tertiary/aromatic N) is 2. The predicted molar refractivity (Wildman–Crippen MR) is 123 cm³/mol. The SMILES string of the molecule is COc1c(C)cc(C)cc1/C(O)=C1\C(=O)C(=O)N(c2cccc(Cl)c2)C1c1cccnc1. The number of rotatable bonds is 4. The highest BCUT2D eigenvalue weighted by molar-refractivity contribution is 6.51. The van der Waals surface area contributed by atoms with Crippen molar-refractivity contribution in [3.8, 4) is 5.75 Å². The van der Waals surface area contributed by atoms with Crippen molar-refractivity contribution in [3.05, 3.63) is 93.8 Å². The number of aryl methyl sites for hydroxylation is 2. The van der Waals surface area contributed by atoms with Gasteiger partial charge in [-0.1, -0.05) is 29.8 Å². The lowest BCUT2D eigenvalue weighted by Gasteiger charge is -2.25. The number of pyridine rings is 1. The van der Waals surface area contributed by atoms with E-state index in [0.29, 0.717) is 27.6 Å². The number of methoxy groups -OCH3 is 1. The Morgan fingerprint density at radius 3 is 2.56 bits per heavy atom. The Morgan fingerprint density at radius 2 is 1.91 bits per heavy atom. The Balaban J connectivity index is 2.01. The van der Waals surface area contributed by atoms with Gasteiger partial charge in [0.05, 0.1) is 24.3 Å². The molecule has 6 nitrogen and oxygen atoms in total. The minimum atomic E-state index is -0.882. The number of amides is 1. The van der Waals surface area contributed by atoms with Gasteiger partial charge >= 0.3 is 0 Å². The molecule has 1 aliphatic rings. The predicted octanol–water partition coefficient (Wildman–Crippen LogP) is 4.99. The topological polar surface area (TPSA) is 79.7 Å². The van der Waals surface area contributed by atoms with Crippen LogP contribution in [0.25, 0.3) is 5.76 Å². The van der Waals surface area contributed by atoms with E-state index >= 15 is 0 Å². The summed E-state index contributed by atoms with van der Waals surface area (Å²) in [6.45, 7) is 3.73. The molecule has 0 spiro atoms. The van der Waals surface area contributed by atoms with E-state index in [1.807, 2.05) is 19.9 Å². The number of aliphatic hydroxyl groups excluding tert-OH is 1. The van der Waals surface area contributed by atoms with Crippen LogP contribution in [0.3, 0.4) is 0 Å². The number of ether oxygens (including phenoxy) is 1. The molecule has 1 fully saturated rings. The summed E-state index contributed by atoms with van der Waals surface area (Å²) >= 11 is 6.16. The van der Waals surface area contributed by atoms with Crippen LogP contribution in [0.1, 0.15) is 28.3 Å². The van der Waals surface area contributed by atoms with E-state index < -0.39 is 17.7 Å². The van der Waals surface area contributed by atoms with Crippen LogP contribution >= 0.6 is 11.6 Å². The lowest BCUT2D eigenvalue weighted by atomic mass is 9.94. The van der Waals surface area contributed by atoms with Crippen LogP contribution in [0.5, 0.6) is 5.75 Å². The summed E-state index contributed by atoms with van der Waals surface area (Å²) in [5.74, 6) is -1.42. The molecule has 4 rings (SSSR count). The first-order valence-corrected chi connectivity index (χ1v) is 10.3. The standard InChI is InChI=1S/C25H21ClN2O4/c1-14-10-15(2)24(32-3)19(11-14)22(29)20-21(16-6-5-9-27-13-16)28(25(31)23(20)30)18-8-4-7-17(26)12-18/h4-13,21,29H,1-3H3/b22-20+. The summed E-state index contributed by atoms with van der Waals surface area (Å²) in [5.41, 5.74) is 3.02. The summed E-state index contributed by atoms with van der Waals surface area (Å²) in [5, 5.41) is 11.8. The Kier molecular flexibility index (Phi) is 5.72. The summed E-state index contributed by atoms with van der Waals surface area (Å²) in [6.07, 6.45) is 3.17. The van der Waals surface area contributed by atoms with Crippen LogP contribution in [0.15, 0.2) is 66.5 Å². The van der Waals surface area contributed by atoms with E-state index in [9.17, 15) is 14.7 Å². The molecular formula is C25H21ClN2O4. The molecule has 0 aliphatic carbocycles. The van der Waals surface area contributed by atoms with Gasteiger partial charge in [-0.3, -0.25) is 19.5 Å². The van der Waals surface area contributed by atoms with Crippen LogP contribution in [-0.4, -0.2) is 28.9 Å². The molecule has 1 amide bonds. The maximum absolute atomic E-state index is 13.2. The van der Waals surface area contributed by atoms with Crippen LogP contribution in [-0.2, 0) is 9.59 Å². The lowest BCUT2D eigenvalue weighted by Crippen LogP contribution is -2.29. The quantitative estimate of drug-likeness (QED) is 0.345.